The quantitative estimate of drug-likeness (QED) is 0.322. The van der Waals surface area contributed by atoms with E-state index in [9.17, 15) is 4.79 Å². The molecule has 0 spiro atoms. The van der Waals surface area contributed by atoms with E-state index in [-0.39, 0.29) is 13.0 Å². The van der Waals surface area contributed by atoms with Gasteiger partial charge < -0.3 is 14.7 Å². The molecule has 1 heterocycles. The number of rotatable bonds is 10. The predicted molar refractivity (Wildman–Crippen MR) is 110 cm³/mol. The molecular weight excluding hydrogens is 370 g/mol. The average Bonchev–Trinajstić information content (AvgIpc) is 3.25. The molecule has 0 atom stereocenters. The number of carboxylic acids is 1. The van der Waals surface area contributed by atoms with Crippen molar-refractivity contribution in [3.05, 3.63) is 78.1 Å². The maximum atomic E-state index is 10.8. The van der Waals surface area contributed by atoms with Gasteiger partial charge in [-0.15, -0.1) is 0 Å². The van der Waals surface area contributed by atoms with Crippen LogP contribution in [0.4, 0.5) is 0 Å². The molecule has 3 aromatic rings. The largest absolute Gasteiger partial charge is 0.490 e. The molecule has 0 saturated heterocycles. The van der Waals surface area contributed by atoms with Gasteiger partial charge in [0.2, 0.25) is 0 Å². The monoisotopic (exact) mass is 393 g/mol. The zero-order valence-corrected chi connectivity index (χ0v) is 16.2. The van der Waals surface area contributed by atoms with Crippen LogP contribution in [-0.4, -0.2) is 39.8 Å². The van der Waals surface area contributed by atoms with Gasteiger partial charge in [0.1, 0.15) is 12.4 Å². The molecule has 7 nitrogen and oxygen atoms in total. The lowest BCUT2D eigenvalue weighted by Gasteiger charge is -2.09. The highest BCUT2D eigenvalue weighted by Gasteiger charge is 2.05. The minimum absolute atomic E-state index is 0.0323. The van der Waals surface area contributed by atoms with Crippen molar-refractivity contribution >= 4 is 11.7 Å². The second-order valence-electron chi connectivity index (χ2n) is 6.29. The molecule has 0 fully saturated rings. The Morgan fingerprint density at radius 1 is 1.14 bits per heavy atom. The molecule has 3 rings (SSSR count). The van der Waals surface area contributed by atoms with Gasteiger partial charge in [-0.2, -0.15) is 5.10 Å². The molecule has 29 heavy (non-hydrogen) atoms. The number of aromatic nitrogens is 2. The molecule has 0 aliphatic heterocycles. The summed E-state index contributed by atoms with van der Waals surface area (Å²) < 4.78 is 7.41. The summed E-state index contributed by atoms with van der Waals surface area (Å²) in [6.45, 7) is 2.61. The van der Waals surface area contributed by atoms with E-state index in [4.69, 9.17) is 14.7 Å². The van der Waals surface area contributed by atoms with Crippen molar-refractivity contribution in [2.75, 3.05) is 13.2 Å². The zero-order chi connectivity index (χ0) is 20.5. The van der Waals surface area contributed by atoms with Crippen LogP contribution in [0, 0.1) is 0 Å². The molecule has 0 aliphatic rings. The van der Waals surface area contributed by atoms with Crippen molar-refractivity contribution in [3.8, 4) is 11.4 Å². The van der Waals surface area contributed by atoms with Gasteiger partial charge in [-0.1, -0.05) is 36.3 Å². The first-order valence-corrected chi connectivity index (χ1v) is 9.38. The summed E-state index contributed by atoms with van der Waals surface area (Å²) in [7, 11) is 0. The van der Waals surface area contributed by atoms with Crippen molar-refractivity contribution in [2.24, 2.45) is 5.16 Å². The third-order valence-corrected chi connectivity index (χ3v) is 4.16. The fourth-order valence-electron chi connectivity index (χ4n) is 2.81. The van der Waals surface area contributed by atoms with Crippen molar-refractivity contribution in [1.29, 1.82) is 0 Å². The molecule has 0 amide bonds. The van der Waals surface area contributed by atoms with Gasteiger partial charge in [0.25, 0.3) is 0 Å². The Hall–Kier alpha value is -3.61. The fourth-order valence-corrected chi connectivity index (χ4v) is 2.81. The first kappa shape index (κ1) is 20.1. The summed E-state index contributed by atoms with van der Waals surface area (Å²) in [6, 6.07) is 16.9. The maximum Gasteiger partial charge on any atom is 0.307 e. The van der Waals surface area contributed by atoms with Crippen LogP contribution >= 0.6 is 0 Å². The summed E-state index contributed by atoms with van der Waals surface area (Å²) in [4.78, 5) is 16.2. The Kier molecular flexibility index (Phi) is 7.00. The fraction of sp³-hybridized carbons (Fsp3) is 0.227. The van der Waals surface area contributed by atoms with Crippen LogP contribution < -0.4 is 4.74 Å². The summed E-state index contributed by atoms with van der Waals surface area (Å²) >= 11 is 0. The molecule has 150 valence electrons. The summed E-state index contributed by atoms with van der Waals surface area (Å²) in [5, 5.41) is 17.4. The van der Waals surface area contributed by atoms with Crippen LogP contribution in [0.15, 0.2) is 72.1 Å². The number of ether oxygens (including phenoxy) is 1. The van der Waals surface area contributed by atoms with Crippen molar-refractivity contribution in [3.63, 3.8) is 0 Å². The summed E-state index contributed by atoms with van der Waals surface area (Å²) in [6.07, 6.45) is 4.32. The highest BCUT2D eigenvalue weighted by Crippen LogP contribution is 2.14. The molecule has 1 N–H and O–H groups in total. The Morgan fingerprint density at radius 3 is 2.76 bits per heavy atom. The van der Waals surface area contributed by atoms with E-state index < -0.39 is 5.97 Å². The van der Waals surface area contributed by atoms with Gasteiger partial charge in [-0.25, -0.2) is 4.68 Å². The number of hydrogen-bond acceptors (Lipinski definition) is 5. The average molecular weight is 393 g/mol. The van der Waals surface area contributed by atoms with E-state index in [0.29, 0.717) is 17.9 Å². The van der Waals surface area contributed by atoms with Gasteiger partial charge in [-0.3, -0.25) is 4.79 Å². The summed E-state index contributed by atoms with van der Waals surface area (Å²) in [5.74, 6) is -0.262. The lowest BCUT2D eigenvalue weighted by atomic mass is 10.1. The third-order valence-electron chi connectivity index (χ3n) is 4.16. The third kappa shape index (κ3) is 5.93. The molecule has 0 saturated carbocycles. The number of nitrogens with zero attached hydrogens (tertiary/aromatic N) is 3. The highest BCUT2D eigenvalue weighted by atomic mass is 16.6. The van der Waals surface area contributed by atoms with E-state index >= 15 is 0 Å². The van der Waals surface area contributed by atoms with Crippen LogP contribution in [0.5, 0.6) is 5.75 Å². The highest BCUT2D eigenvalue weighted by molar-refractivity contribution is 6.00. The lowest BCUT2D eigenvalue weighted by Crippen LogP contribution is -2.07. The second kappa shape index (κ2) is 10.1. The lowest BCUT2D eigenvalue weighted by molar-refractivity contribution is -0.136. The molecule has 0 radical (unpaired) electrons. The topological polar surface area (TPSA) is 85.9 Å². The Morgan fingerprint density at radius 2 is 2.00 bits per heavy atom. The van der Waals surface area contributed by atoms with E-state index in [1.165, 1.54) is 0 Å². The van der Waals surface area contributed by atoms with E-state index in [1.54, 1.807) is 35.1 Å². The molecule has 0 unspecified atom stereocenters. The van der Waals surface area contributed by atoms with Gasteiger partial charge in [0, 0.05) is 18.0 Å². The Balaban J connectivity index is 1.54. The number of hydrogen-bond donors (Lipinski definition) is 1. The molecule has 1 aromatic heterocycles. The first-order valence-electron chi connectivity index (χ1n) is 9.38. The van der Waals surface area contributed by atoms with Gasteiger partial charge in [-0.05, 0) is 42.3 Å². The van der Waals surface area contributed by atoms with Crippen molar-refractivity contribution < 1.29 is 19.5 Å². The number of benzene rings is 2. The molecule has 7 heteroatoms. The summed E-state index contributed by atoms with van der Waals surface area (Å²) in [5.41, 5.74) is 3.46. The predicted octanol–water partition coefficient (Wildman–Crippen LogP) is 3.71. The normalized spacial score (nSPS) is 11.3. The van der Waals surface area contributed by atoms with Crippen LogP contribution in [-0.2, 0) is 16.1 Å². The Bertz CT molecular complexity index is 968. The van der Waals surface area contributed by atoms with E-state index in [1.807, 2.05) is 43.5 Å². The van der Waals surface area contributed by atoms with Crippen LogP contribution in [0.25, 0.3) is 5.69 Å². The molecule has 0 aliphatic carbocycles. The van der Waals surface area contributed by atoms with Crippen molar-refractivity contribution in [1.82, 2.24) is 9.78 Å². The Labute approximate surface area is 169 Å². The first-order chi connectivity index (χ1) is 14.2. The number of aliphatic carboxylic acids is 1. The SMILES string of the molecule is CCC(=NOCCOc1cccc(CC(=O)O)c1)c1cccc(-n2cccn2)c1. The number of oxime groups is 1. The van der Waals surface area contributed by atoms with Crippen LogP contribution in [0.1, 0.15) is 24.5 Å². The molecular formula is C22H23N3O4. The van der Waals surface area contributed by atoms with Crippen LogP contribution in [0.3, 0.4) is 0 Å². The minimum atomic E-state index is -0.872. The van der Waals surface area contributed by atoms with E-state index in [0.717, 1.165) is 23.4 Å². The minimum Gasteiger partial charge on any atom is -0.490 e. The molecule has 2 aromatic carbocycles. The van der Waals surface area contributed by atoms with Gasteiger partial charge >= 0.3 is 5.97 Å². The maximum absolute atomic E-state index is 10.8. The number of carbonyl (C=O) groups is 1. The standard InChI is InChI=1S/C22H23N3O4/c1-2-21(18-7-4-8-19(16-18)25-11-5-10-23-25)24-29-13-12-28-20-9-3-6-17(14-20)15-22(26)27/h3-11,14,16H,2,12-13,15H2,1H3,(H,26,27). The molecule has 0 bridgehead atoms. The smallest absolute Gasteiger partial charge is 0.307 e. The zero-order valence-electron chi connectivity index (χ0n) is 16.2. The van der Waals surface area contributed by atoms with E-state index in [2.05, 4.69) is 10.3 Å². The van der Waals surface area contributed by atoms with Gasteiger partial charge in [0.15, 0.2) is 6.61 Å². The van der Waals surface area contributed by atoms with Crippen molar-refractivity contribution in [2.45, 2.75) is 19.8 Å². The number of carboxylic acid groups (broad SMARTS) is 1. The van der Waals surface area contributed by atoms with Crippen LogP contribution in [0.2, 0.25) is 0 Å². The van der Waals surface area contributed by atoms with Gasteiger partial charge in [0.05, 0.1) is 17.8 Å². The second-order valence-corrected chi connectivity index (χ2v) is 6.29.